The van der Waals surface area contributed by atoms with Gasteiger partial charge in [0.15, 0.2) is 0 Å². The maximum Gasteiger partial charge on any atom is 0.374 e. The SMILES string of the molecule is CC(C)CC(C)OC(=O)c1cc2cc(N)ccc2o1. The number of furan rings is 1. The molecule has 19 heavy (non-hydrogen) atoms. The molecule has 4 heteroatoms. The number of nitrogens with two attached hydrogens (primary N) is 1. The quantitative estimate of drug-likeness (QED) is 0.674. The predicted molar refractivity (Wildman–Crippen MR) is 75.0 cm³/mol. The van der Waals surface area contributed by atoms with Gasteiger partial charge in [-0.05, 0) is 43.5 Å². The fraction of sp³-hybridized carbons (Fsp3) is 0.400. The minimum Gasteiger partial charge on any atom is -0.457 e. The van der Waals surface area contributed by atoms with E-state index in [9.17, 15) is 4.79 Å². The molecular weight excluding hydrogens is 242 g/mol. The highest BCUT2D eigenvalue weighted by molar-refractivity contribution is 5.93. The molecule has 0 radical (unpaired) electrons. The van der Waals surface area contributed by atoms with Crippen molar-refractivity contribution in [3.63, 3.8) is 0 Å². The van der Waals surface area contributed by atoms with Gasteiger partial charge in [0.05, 0.1) is 6.10 Å². The summed E-state index contributed by atoms with van der Waals surface area (Å²) >= 11 is 0. The lowest BCUT2D eigenvalue weighted by molar-refractivity contribution is 0.0266. The van der Waals surface area contributed by atoms with Crippen LogP contribution in [0.5, 0.6) is 0 Å². The van der Waals surface area contributed by atoms with Gasteiger partial charge >= 0.3 is 5.97 Å². The summed E-state index contributed by atoms with van der Waals surface area (Å²) in [7, 11) is 0. The molecule has 0 aliphatic heterocycles. The molecule has 4 nitrogen and oxygen atoms in total. The second kappa shape index (κ2) is 5.34. The van der Waals surface area contributed by atoms with Crippen molar-refractivity contribution >= 4 is 22.6 Å². The number of nitrogen functional groups attached to an aromatic ring is 1. The van der Waals surface area contributed by atoms with Crippen LogP contribution >= 0.6 is 0 Å². The van der Waals surface area contributed by atoms with Crippen molar-refractivity contribution in [1.82, 2.24) is 0 Å². The maximum absolute atomic E-state index is 11.9. The molecule has 0 spiro atoms. The highest BCUT2D eigenvalue weighted by atomic mass is 16.6. The predicted octanol–water partition coefficient (Wildman–Crippen LogP) is 3.61. The molecule has 102 valence electrons. The Kier molecular flexibility index (Phi) is 3.79. The Morgan fingerprint density at radius 2 is 2.05 bits per heavy atom. The van der Waals surface area contributed by atoms with Crippen LogP contribution in [0.4, 0.5) is 5.69 Å². The van der Waals surface area contributed by atoms with Gasteiger partial charge in [0.1, 0.15) is 5.58 Å². The first-order valence-corrected chi connectivity index (χ1v) is 6.45. The summed E-state index contributed by atoms with van der Waals surface area (Å²) in [5.74, 6) is 0.275. The average Bonchev–Trinajstić information content (AvgIpc) is 2.70. The van der Waals surface area contributed by atoms with Gasteiger partial charge in [-0.15, -0.1) is 0 Å². The molecule has 0 aliphatic rings. The third-order valence-electron chi connectivity index (χ3n) is 2.85. The summed E-state index contributed by atoms with van der Waals surface area (Å²) in [6, 6.07) is 6.92. The number of hydrogen-bond acceptors (Lipinski definition) is 4. The number of rotatable bonds is 4. The van der Waals surface area contributed by atoms with Crippen LogP contribution in [-0.4, -0.2) is 12.1 Å². The first-order chi connectivity index (χ1) is 8.95. The van der Waals surface area contributed by atoms with Crippen molar-refractivity contribution in [2.75, 3.05) is 5.73 Å². The first kappa shape index (κ1) is 13.5. The lowest BCUT2D eigenvalue weighted by Crippen LogP contribution is -2.16. The van der Waals surface area contributed by atoms with E-state index in [2.05, 4.69) is 13.8 Å². The van der Waals surface area contributed by atoms with Crippen LogP contribution in [0.3, 0.4) is 0 Å². The molecule has 0 saturated carbocycles. The van der Waals surface area contributed by atoms with E-state index < -0.39 is 5.97 Å². The number of carbonyl (C=O) groups is 1. The Hall–Kier alpha value is -1.97. The van der Waals surface area contributed by atoms with Gasteiger partial charge in [-0.2, -0.15) is 0 Å². The van der Waals surface area contributed by atoms with Gasteiger partial charge < -0.3 is 14.9 Å². The molecule has 1 heterocycles. The van der Waals surface area contributed by atoms with Gasteiger partial charge in [0, 0.05) is 11.1 Å². The van der Waals surface area contributed by atoms with E-state index in [0.717, 1.165) is 11.8 Å². The van der Waals surface area contributed by atoms with Crippen LogP contribution in [0.25, 0.3) is 11.0 Å². The standard InChI is InChI=1S/C15H19NO3/c1-9(2)6-10(3)18-15(17)14-8-11-7-12(16)4-5-13(11)19-14/h4-5,7-10H,6,16H2,1-3H3. The summed E-state index contributed by atoms with van der Waals surface area (Å²) in [5.41, 5.74) is 6.96. The van der Waals surface area contributed by atoms with E-state index in [1.165, 1.54) is 0 Å². The number of carbonyl (C=O) groups excluding carboxylic acids is 1. The molecule has 1 aromatic heterocycles. The fourth-order valence-electron chi connectivity index (χ4n) is 2.12. The molecule has 0 amide bonds. The van der Waals surface area contributed by atoms with Crippen molar-refractivity contribution in [2.24, 2.45) is 5.92 Å². The number of ether oxygens (including phenoxy) is 1. The minimum atomic E-state index is -0.428. The van der Waals surface area contributed by atoms with E-state index in [1.807, 2.05) is 6.92 Å². The Morgan fingerprint density at radius 1 is 1.32 bits per heavy atom. The summed E-state index contributed by atoms with van der Waals surface area (Å²) < 4.78 is 10.8. The second-order valence-corrected chi connectivity index (χ2v) is 5.25. The van der Waals surface area contributed by atoms with Crippen LogP contribution < -0.4 is 5.73 Å². The van der Waals surface area contributed by atoms with Gasteiger partial charge in [0.25, 0.3) is 0 Å². The van der Waals surface area contributed by atoms with Crippen molar-refractivity contribution in [1.29, 1.82) is 0 Å². The lowest BCUT2D eigenvalue weighted by Gasteiger charge is -2.13. The molecule has 0 saturated heterocycles. The molecule has 1 atom stereocenters. The average molecular weight is 261 g/mol. The Bertz CT molecular complexity index is 586. The van der Waals surface area contributed by atoms with Gasteiger partial charge in [-0.3, -0.25) is 0 Å². The zero-order chi connectivity index (χ0) is 14.0. The first-order valence-electron chi connectivity index (χ1n) is 6.45. The normalized spacial score (nSPS) is 12.8. The Balaban J connectivity index is 2.13. The van der Waals surface area contributed by atoms with E-state index in [0.29, 0.717) is 17.2 Å². The molecule has 1 unspecified atom stereocenters. The summed E-state index contributed by atoms with van der Waals surface area (Å²) in [6.45, 7) is 6.07. The van der Waals surface area contributed by atoms with E-state index in [1.54, 1.807) is 24.3 Å². The Labute approximate surface area is 112 Å². The third kappa shape index (κ3) is 3.28. The molecule has 1 aromatic carbocycles. The lowest BCUT2D eigenvalue weighted by atomic mass is 10.1. The maximum atomic E-state index is 11.9. The van der Waals surface area contributed by atoms with Crippen molar-refractivity contribution in [3.05, 3.63) is 30.0 Å². The van der Waals surface area contributed by atoms with Gasteiger partial charge in [-0.1, -0.05) is 13.8 Å². The van der Waals surface area contributed by atoms with Crippen LogP contribution in [0, 0.1) is 5.92 Å². The highest BCUT2D eigenvalue weighted by Gasteiger charge is 2.17. The highest BCUT2D eigenvalue weighted by Crippen LogP contribution is 2.22. The molecule has 2 rings (SSSR count). The molecular formula is C15H19NO3. The molecule has 2 aromatic rings. The number of benzene rings is 1. The van der Waals surface area contributed by atoms with Crippen LogP contribution in [-0.2, 0) is 4.74 Å². The van der Waals surface area contributed by atoms with Crippen molar-refractivity contribution < 1.29 is 13.9 Å². The van der Waals surface area contributed by atoms with E-state index in [-0.39, 0.29) is 11.9 Å². The summed E-state index contributed by atoms with van der Waals surface area (Å²) in [5, 5.41) is 0.809. The smallest absolute Gasteiger partial charge is 0.374 e. The van der Waals surface area contributed by atoms with Crippen LogP contribution in [0.2, 0.25) is 0 Å². The zero-order valence-corrected chi connectivity index (χ0v) is 11.5. The number of fused-ring (bicyclic) bond motifs is 1. The topological polar surface area (TPSA) is 65.5 Å². The summed E-state index contributed by atoms with van der Waals surface area (Å²) in [4.78, 5) is 11.9. The second-order valence-electron chi connectivity index (χ2n) is 5.25. The molecule has 2 N–H and O–H groups in total. The van der Waals surface area contributed by atoms with Gasteiger partial charge in [-0.25, -0.2) is 4.79 Å². The molecule has 0 fully saturated rings. The van der Waals surface area contributed by atoms with Crippen molar-refractivity contribution in [2.45, 2.75) is 33.3 Å². The minimum absolute atomic E-state index is 0.120. The molecule has 0 bridgehead atoms. The fourth-order valence-corrected chi connectivity index (χ4v) is 2.12. The van der Waals surface area contributed by atoms with Crippen LogP contribution in [0.15, 0.2) is 28.7 Å². The van der Waals surface area contributed by atoms with Crippen molar-refractivity contribution in [3.8, 4) is 0 Å². The number of esters is 1. The monoisotopic (exact) mass is 261 g/mol. The van der Waals surface area contributed by atoms with Gasteiger partial charge in [0.2, 0.25) is 5.76 Å². The largest absolute Gasteiger partial charge is 0.457 e. The number of hydrogen-bond donors (Lipinski definition) is 1. The summed E-state index contributed by atoms with van der Waals surface area (Å²) in [6.07, 6.45) is 0.713. The van der Waals surface area contributed by atoms with Crippen LogP contribution in [0.1, 0.15) is 37.7 Å². The number of anilines is 1. The third-order valence-corrected chi connectivity index (χ3v) is 2.85. The zero-order valence-electron chi connectivity index (χ0n) is 11.5. The Morgan fingerprint density at radius 3 is 2.74 bits per heavy atom. The van der Waals surface area contributed by atoms with E-state index >= 15 is 0 Å². The molecule has 0 aliphatic carbocycles. The van der Waals surface area contributed by atoms with E-state index in [4.69, 9.17) is 14.9 Å².